The molecule has 1 heterocycles. The van der Waals surface area contributed by atoms with E-state index in [4.69, 9.17) is 5.73 Å². The standard InChI is InChI=1S/C15H18N4O/c16-15(6-2-7-15)14(20)18-13-5-1-4-12(10-13)11-19-9-3-8-17-19/h1,3-5,8-10H,2,6-7,11,16H2,(H,18,20). The van der Waals surface area contributed by atoms with E-state index in [1.165, 1.54) is 0 Å². The molecule has 20 heavy (non-hydrogen) atoms. The van der Waals surface area contributed by atoms with Gasteiger partial charge in [0.15, 0.2) is 0 Å². The van der Waals surface area contributed by atoms with Crippen molar-refractivity contribution >= 4 is 11.6 Å². The molecule has 1 aliphatic rings. The molecule has 1 amide bonds. The van der Waals surface area contributed by atoms with Crippen molar-refractivity contribution in [2.24, 2.45) is 5.73 Å². The third kappa shape index (κ3) is 2.58. The molecule has 0 radical (unpaired) electrons. The van der Waals surface area contributed by atoms with Crippen molar-refractivity contribution in [2.45, 2.75) is 31.3 Å². The molecule has 2 aromatic rings. The highest BCUT2D eigenvalue weighted by Gasteiger charge is 2.40. The Labute approximate surface area is 117 Å². The van der Waals surface area contributed by atoms with E-state index in [-0.39, 0.29) is 5.91 Å². The maximum Gasteiger partial charge on any atom is 0.244 e. The number of rotatable bonds is 4. The molecule has 0 saturated heterocycles. The highest BCUT2D eigenvalue weighted by Crippen LogP contribution is 2.30. The Hall–Kier alpha value is -2.14. The van der Waals surface area contributed by atoms with E-state index in [1.54, 1.807) is 6.20 Å². The average molecular weight is 270 g/mol. The van der Waals surface area contributed by atoms with Crippen molar-refractivity contribution in [1.29, 1.82) is 0 Å². The maximum atomic E-state index is 12.1. The van der Waals surface area contributed by atoms with Gasteiger partial charge in [-0.05, 0) is 43.0 Å². The highest BCUT2D eigenvalue weighted by atomic mass is 16.2. The predicted molar refractivity (Wildman–Crippen MR) is 77.2 cm³/mol. The second-order valence-corrected chi connectivity index (χ2v) is 5.37. The molecule has 1 aromatic heterocycles. The van der Waals surface area contributed by atoms with Crippen molar-refractivity contribution < 1.29 is 4.79 Å². The topological polar surface area (TPSA) is 72.9 Å². The number of nitrogens with one attached hydrogen (secondary N) is 1. The lowest BCUT2D eigenvalue weighted by atomic mass is 9.77. The van der Waals surface area contributed by atoms with E-state index in [0.29, 0.717) is 6.54 Å². The average Bonchev–Trinajstić information content (AvgIpc) is 2.89. The molecule has 1 saturated carbocycles. The largest absolute Gasteiger partial charge is 0.324 e. The van der Waals surface area contributed by atoms with E-state index in [0.717, 1.165) is 30.5 Å². The molecule has 1 aliphatic carbocycles. The number of anilines is 1. The summed E-state index contributed by atoms with van der Waals surface area (Å²) >= 11 is 0. The van der Waals surface area contributed by atoms with Gasteiger partial charge >= 0.3 is 0 Å². The second-order valence-electron chi connectivity index (χ2n) is 5.37. The molecule has 5 heteroatoms. The molecule has 104 valence electrons. The van der Waals surface area contributed by atoms with Crippen LogP contribution in [0.15, 0.2) is 42.7 Å². The second kappa shape index (κ2) is 5.09. The summed E-state index contributed by atoms with van der Waals surface area (Å²) in [6.45, 7) is 0.685. The molecule has 3 rings (SSSR count). The summed E-state index contributed by atoms with van der Waals surface area (Å²) in [5, 5.41) is 7.08. The highest BCUT2D eigenvalue weighted by molar-refractivity contribution is 5.98. The summed E-state index contributed by atoms with van der Waals surface area (Å²) in [6, 6.07) is 9.67. The SMILES string of the molecule is NC1(C(=O)Nc2cccc(Cn3cccn3)c2)CCC1. The Morgan fingerprint density at radius 1 is 1.40 bits per heavy atom. The van der Waals surface area contributed by atoms with Gasteiger partial charge in [0.1, 0.15) is 0 Å². The Kier molecular flexibility index (Phi) is 3.28. The Morgan fingerprint density at radius 3 is 2.90 bits per heavy atom. The van der Waals surface area contributed by atoms with Crippen molar-refractivity contribution in [3.8, 4) is 0 Å². The van der Waals surface area contributed by atoms with E-state index < -0.39 is 5.54 Å². The van der Waals surface area contributed by atoms with Crippen LogP contribution in [-0.2, 0) is 11.3 Å². The zero-order valence-electron chi connectivity index (χ0n) is 11.2. The first-order valence-corrected chi connectivity index (χ1v) is 6.82. The number of nitrogens with two attached hydrogens (primary N) is 1. The third-order valence-electron chi connectivity index (χ3n) is 3.79. The lowest BCUT2D eigenvalue weighted by Crippen LogP contribution is -2.56. The molecule has 0 unspecified atom stereocenters. The van der Waals surface area contributed by atoms with Crippen LogP contribution in [-0.4, -0.2) is 21.2 Å². The van der Waals surface area contributed by atoms with Crippen LogP contribution < -0.4 is 11.1 Å². The fourth-order valence-electron chi connectivity index (χ4n) is 2.37. The number of aromatic nitrogens is 2. The van der Waals surface area contributed by atoms with Crippen LogP contribution in [0.25, 0.3) is 0 Å². The Morgan fingerprint density at radius 2 is 2.25 bits per heavy atom. The van der Waals surface area contributed by atoms with Gasteiger partial charge in [-0.25, -0.2) is 0 Å². The quantitative estimate of drug-likeness (QED) is 0.889. The molecule has 0 spiro atoms. The van der Waals surface area contributed by atoms with E-state index in [2.05, 4.69) is 10.4 Å². The number of carbonyl (C=O) groups is 1. The molecular weight excluding hydrogens is 252 g/mol. The van der Waals surface area contributed by atoms with Gasteiger partial charge in [0.05, 0.1) is 12.1 Å². The third-order valence-corrected chi connectivity index (χ3v) is 3.79. The van der Waals surface area contributed by atoms with Crippen LogP contribution in [0.4, 0.5) is 5.69 Å². The summed E-state index contributed by atoms with van der Waals surface area (Å²) in [4.78, 5) is 12.1. The van der Waals surface area contributed by atoms with Gasteiger partial charge in [0, 0.05) is 18.1 Å². The number of nitrogens with zero attached hydrogens (tertiary/aromatic N) is 2. The number of hydrogen-bond acceptors (Lipinski definition) is 3. The molecular formula is C15H18N4O. The summed E-state index contributed by atoms with van der Waals surface area (Å²) < 4.78 is 1.84. The first-order valence-electron chi connectivity index (χ1n) is 6.82. The fourth-order valence-corrected chi connectivity index (χ4v) is 2.37. The van der Waals surface area contributed by atoms with Gasteiger partial charge in [-0.2, -0.15) is 5.10 Å². The number of benzene rings is 1. The van der Waals surface area contributed by atoms with E-state index in [1.807, 2.05) is 41.2 Å². The van der Waals surface area contributed by atoms with Gasteiger partial charge in [0.25, 0.3) is 0 Å². The number of amides is 1. The van der Waals surface area contributed by atoms with Gasteiger partial charge in [0.2, 0.25) is 5.91 Å². The summed E-state index contributed by atoms with van der Waals surface area (Å²) in [5.41, 5.74) is 7.22. The van der Waals surface area contributed by atoms with Gasteiger partial charge in [-0.1, -0.05) is 12.1 Å². The predicted octanol–water partition coefficient (Wildman–Crippen LogP) is 1.75. The molecule has 0 aliphatic heterocycles. The van der Waals surface area contributed by atoms with Crippen LogP contribution in [0.3, 0.4) is 0 Å². The van der Waals surface area contributed by atoms with E-state index in [9.17, 15) is 4.79 Å². The Balaban J connectivity index is 1.69. The van der Waals surface area contributed by atoms with Crippen LogP contribution in [0.2, 0.25) is 0 Å². The van der Waals surface area contributed by atoms with Gasteiger partial charge in [-0.3, -0.25) is 9.48 Å². The minimum Gasteiger partial charge on any atom is -0.324 e. The lowest BCUT2D eigenvalue weighted by Gasteiger charge is -2.36. The van der Waals surface area contributed by atoms with Crippen molar-refractivity contribution in [3.05, 3.63) is 48.3 Å². The maximum absolute atomic E-state index is 12.1. The zero-order valence-corrected chi connectivity index (χ0v) is 11.2. The van der Waals surface area contributed by atoms with E-state index >= 15 is 0 Å². The van der Waals surface area contributed by atoms with Gasteiger partial charge in [-0.15, -0.1) is 0 Å². The molecule has 0 atom stereocenters. The van der Waals surface area contributed by atoms with Crippen molar-refractivity contribution in [2.75, 3.05) is 5.32 Å². The molecule has 0 bridgehead atoms. The lowest BCUT2D eigenvalue weighted by molar-refractivity contribution is -0.123. The number of hydrogen-bond donors (Lipinski definition) is 2. The number of carbonyl (C=O) groups excluding carboxylic acids is 1. The summed E-state index contributed by atoms with van der Waals surface area (Å²) in [6.07, 6.45) is 6.23. The first-order chi connectivity index (χ1) is 9.66. The van der Waals surface area contributed by atoms with Crippen molar-refractivity contribution in [1.82, 2.24) is 9.78 Å². The summed E-state index contributed by atoms with van der Waals surface area (Å²) in [5.74, 6) is -0.0833. The molecule has 1 aromatic carbocycles. The van der Waals surface area contributed by atoms with Crippen LogP contribution >= 0.6 is 0 Å². The van der Waals surface area contributed by atoms with Crippen molar-refractivity contribution in [3.63, 3.8) is 0 Å². The van der Waals surface area contributed by atoms with Crippen LogP contribution in [0.5, 0.6) is 0 Å². The first kappa shape index (κ1) is 12.9. The summed E-state index contributed by atoms with van der Waals surface area (Å²) in [7, 11) is 0. The smallest absolute Gasteiger partial charge is 0.244 e. The minimum absolute atomic E-state index is 0.0833. The molecule has 3 N–H and O–H groups in total. The molecule has 5 nitrogen and oxygen atoms in total. The normalized spacial score (nSPS) is 16.4. The molecule has 1 fully saturated rings. The monoisotopic (exact) mass is 270 g/mol. The minimum atomic E-state index is -0.669. The van der Waals surface area contributed by atoms with Crippen LogP contribution in [0.1, 0.15) is 24.8 Å². The Bertz CT molecular complexity index is 602. The zero-order chi connectivity index (χ0) is 14.0. The van der Waals surface area contributed by atoms with Gasteiger partial charge < -0.3 is 11.1 Å². The van der Waals surface area contributed by atoms with Crippen LogP contribution in [0, 0.1) is 0 Å². The fraction of sp³-hybridized carbons (Fsp3) is 0.333.